The summed E-state index contributed by atoms with van der Waals surface area (Å²) in [7, 11) is 0. The molecule has 0 radical (unpaired) electrons. The summed E-state index contributed by atoms with van der Waals surface area (Å²) < 4.78 is 1.92. The Kier molecular flexibility index (Phi) is 8.03. The normalized spacial score (nSPS) is 10.0. The molecule has 0 aliphatic rings. The summed E-state index contributed by atoms with van der Waals surface area (Å²) in [6, 6.07) is 0. The molecule has 0 atom stereocenters. The Bertz CT molecular complexity index is 122. The van der Waals surface area contributed by atoms with Crippen LogP contribution in [0, 0.1) is 12.3 Å². The van der Waals surface area contributed by atoms with Gasteiger partial charge in [-0.2, -0.15) is 0 Å². The third-order valence-electron chi connectivity index (χ3n) is 1.31. The van der Waals surface area contributed by atoms with Crippen LogP contribution in [-0.4, -0.2) is 28.7 Å². The van der Waals surface area contributed by atoms with Crippen molar-refractivity contribution in [3.8, 4) is 12.3 Å². The van der Waals surface area contributed by atoms with Crippen molar-refractivity contribution in [2.75, 3.05) is 19.7 Å². The molecule has 0 bridgehead atoms. The Morgan fingerprint density at radius 1 is 1.36 bits per heavy atom. The second kappa shape index (κ2) is 8.06. The van der Waals surface area contributed by atoms with Gasteiger partial charge >= 0.3 is 0 Å². The predicted molar refractivity (Wildman–Crippen MR) is 50.3 cm³/mol. The number of aliphatic hydroxyl groups is 1. The Morgan fingerprint density at radius 3 is 2.64 bits per heavy atom. The van der Waals surface area contributed by atoms with E-state index in [9.17, 15) is 0 Å². The number of unbranched alkanes of at least 4 members (excludes halogenated alkanes) is 2. The van der Waals surface area contributed by atoms with Gasteiger partial charge in [0.15, 0.2) is 0 Å². The van der Waals surface area contributed by atoms with Crippen molar-refractivity contribution in [3.63, 3.8) is 0 Å². The molecule has 0 saturated carbocycles. The Morgan fingerprint density at radius 2 is 2.09 bits per heavy atom. The lowest BCUT2D eigenvalue weighted by atomic mass is 10.2. The first-order valence-electron chi connectivity index (χ1n) is 3.76. The van der Waals surface area contributed by atoms with E-state index in [4.69, 9.17) is 11.5 Å². The first-order valence-corrected chi connectivity index (χ1v) is 4.47. The molecule has 0 unspecified atom stereocenters. The Labute approximate surface area is 76.9 Å². The number of nitrogens with zero attached hydrogens (tertiary/aromatic N) is 1. The second-order valence-corrected chi connectivity index (χ2v) is 3.30. The molecule has 11 heavy (non-hydrogen) atoms. The van der Waals surface area contributed by atoms with Gasteiger partial charge in [-0.25, -0.2) is 3.93 Å². The Balaban J connectivity index is 3.05. The van der Waals surface area contributed by atoms with Crippen LogP contribution in [0.4, 0.5) is 0 Å². The van der Waals surface area contributed by atoms with Crippen molar-refractivity contribution in [2.24, 2.45) is 0 Å². The van der Waals surface area contributed by atoms with Crippen LogP contribution in [0.2, 0.25) is 0 Å². The summed E-state index contributed by atoms with van der Waals surface area (Å²) in [6.45, 7) is 1.82. The SMILES string of the molecule is C#CCCCCN(Br)CCO. The zero-order valence-corrected chi connectivity index (χ0v) is 8.18. The van der Waals surface area contributed by atoms with Gasteiger partial charge < -0.3 is 5.11 Å². The van der Waals surface area contributed by atoms with Crippen LogP contribution in [0.5, 0.6) is 0 Å². The van der Waals surface area contributed by atoms with Crippen LogP contribution in [0.15, 0.2) is 0 Å². The van der Waals surface area contributed by atoms with E-state index in [1.54, 1.807) is 0 Å². The van der Waals surface area contributed by atoms with E-state index in [-0.39, 0.29) is 6.61 Å². The molecule has 3 heteroatoms. The summed E-state index contributed by atoms with van der Waals surface area (Å²) in [5.74, 6) is 2.59. The minimum absolute atomic E-state index is 0.195. The lowest BCUT2D eigenvalue weighted by molar-refractivity contribution is 0.264. The van der Waals surface area contributed by atoms with Crippen LogP contribution in [0.3, 0.4) is 0 Å². The molecule has 1 N–H and O–H groups in total. The van der Waals surface area contributed by atoms with Gasteiger partial charge in [0.05, 0.1) is 6.61 Å². The lowest BCUT2D eigenvalue weighted by Crippen LogP contribution is -2.16. The number of terminal acetylenes is 1. The highest BCUT2D eigenvalue weighted by atomic mass is 79.9. The quantitative estimate of drug-likeness (QED) is 0.415. The van der Waals surface area contributed by atoms with Gasteiger partial charge in [0.25, 0.3) is 0 Å². The summed E-state index contributed by atoms with van der Waals surface area (Å²) in [4.78, 5) is 0. The molecule has 0 spiro atoms. The summed E-state index contributed by atoms with van der Waals surface area (Å²) in [5, 5.41) is 8.54. The molecule has 0 aliphatic heterocycles. The number of rotatable bonds is 6. The Hall–Kier alpha value is -0.0400. The van der Waals surface area contributed by atoms with Crippen molar-refractivity contribution in [1.82, 2.24) is 3.93 Å². The number of hydrogen-bond donors (Lipinski definition) is 1. The van der Waals surface area contributed by atoms with E-state index in [1.165, 1.54) is 0 Å². The standard InChI is InChI=1S/C8H14BrNO/c1-2-3-4-5-6-10(9)7-8-11/h1,11H,3-8H2. The maximum absolute atomic E-state index is 8.54. The van der Waals surface area contributed by atoms with Crippen molar-refractivity contribution in [1.29, 1.82) is 0 Å². The summed E-state index contributed by atoms with van der Waals surface area (Å²) in [6.07, 6.45) is 8.07. The van der Waals surface area contributed by atoms with Gasteiger partial charge in [-0.1, -0.05) is 0 Å². The maximum atomic E-state index is 8.54. The van der Waals surface area contributed by atoms with Crippen LogP contribution in [0.1, 0.15) is 19.3 Å². The lowest BCUT2D eigenvalue weighted by Gasteiger charge is -2.10. The minimum Gasteiger partial charge on any atom is -0.395 e. The summed E-state index contributed by atoms with van der Waals surface area (Å²) >= 11 is 3.31. The minimum atomic E-state index is 0.195. The van der Waals surface area contributed by atoms with Gasteiger partial charge in [-0.15, -0.1) is 12.3 Å². The molecule has 0 heterocycles. The van der Waals surface area contributed by atoms with E-state index in [1.807, 2.05) is 3.93 Å². The summed E-state index contributed by atoms with van der Waals surface area (Å²) in [5.41, 5.74) is 0. The first kappa shape index (κ1) is 11.0. The fourth-order valence-corrected chi connectivity index (χ4v) is 1.14. The van der Waals surface area contributed by atoms with Crippen molar-refractivity contribution < 1.29 is 5.11 Å². The zero-order valence-electron chi connectivity index (χ0n) is 6.59. The predicted octanol–water partition coefficient (Wildman–Crippen LogP) is 1.39. The van der Waals surface area contributed by atoms with E-state index in [0.29, 0.717) is 6.54 Å². The number of aliphatic hydroxyl groups excluding tert-OH is 1. The van der Waals surface area contributed by atoms with Crippen LogP contribution >= 0.6 is 16.1 Å². The molecule has 2 nitrogen and oxygen atoms in total. The molecule has 0 aliphatic carbocycles. The van der Waals surface area contributed by atoms with Gasteiger partial charge in [0.1, 0.15) is 0 Å². The van der Waals surface area contributed by atoms with Crippen LogP contribution < -0.4 is 0 Å². The topological polar surface area (TPSA) is 23.5 Å². The zero-order chi connectivity index (χ0) is 8.53. The fraction of sp³-hybridized carbons (Fsp3) is 0.750. The van der Waals surface area contributed by atoms with Crippen molar-refractivity contribution in [3.05, 3.63) is 0 Å². The van der Waals surface area contributed by atoms with Crippen molar-refractivity contribution >= 4 is 16.1 Å². The van der Waals surface area contributed by atoms with E-state index in [2.05, 4.69) is 22.1 Å². The van der Waals surface area contributed by atoms with Crippen molar-refractivity contribution in [2.45, 2.75) is 19.3 Å². The highest BCUT2D eigenvalue weighted by molar-refractivity contribution is 9.07. The van der Waals surface area contributed by atoms with Crippen LogP contribution in [-0.2, 0) is 0 Å². The van der Waals surface area contributed by atoms with Gasteiger partial charge in [-0.05, 0) is 12.8 Å². The molecule has 0 rings (SSSR count). The van der Waals surface area contributed by atoms with Gasteiger partial charge in [-0.3, -0.25) is 0 Å². The van der Waals surface area contributed by atoms with E-state index < -0.39 is 0 Å². The molecule has 0 fully saturated rings. The van der Waals surface area contributed by atoms with Gasteiger partial charge in [0, 0.05) is 35.7 Å². The monoisotopic (exact) mass is 219 g/mol. The van der Waals surface area contributed by atoms with E-state index >= 15 is 0 Å². The largest absolute Gasteiger partial charge is 0.395 e. The number of hydrogen-bond acceptors (Lipinski definition) is 2. The highest BCUT2D eigenvalue weighted by Crippen LogP contribution is 2.01. The van der Waals surface area contributed by atoms with Gasteiger partial charge in [0.2, 0.25) is 0 Å². The smallest absolute Gasteiger partial charge is 0.0567 e. The first-order chi connectivity index (χ1) is 5.31. The molecular weight excluding hydrogens is 206 g/mol. The molecular formula is C8H14BrNO. The van der Waals surface area contributed by atoms with Crippen LogP contribution in [0.25, 0.3) is 0 Å². The third kappa shape index (κ3) is 7.86. The highest BCUT2D eigenvalue weighted by Gasteiger charge is 1.96. The molecule has 64 valence electrons. The molecule has 0 aromatic carbocycles. The maximum Gasteiger partial charge on any atom is 0.0567 e. The average molecular weight is 220 g/mol. The molecule has 0 amide bonds. The number of halogens is 1. The molecule has 0 saturated heterocycles. The fourth-order valence-electron chi connectivity index (χ4n) is 0.731. The molecule has 0 aromatic rings. The molecule has 0 aromatic heterocycles. The third-order valence-corrected chi connectivity index (χ3v) is 2.02. The average Bonchev–Trinajstić information content (AvgIpc) is 1.99. The van der Waals surface area contributed by atoms with E-state index in [0.717, 1.165) is 25.8 Å². The second-order valence-electron chi connectivity index (χ2n) is 2.29.